The Morgan fingerprint density at radius 2 is 2.10 bits per heavy atom. The Hall–Kier alpha value is -1.61. The average molecular weight is 420 g/mol. The number of halogens is 2. The highest BCUT2D eigenvalue weighted by molar-refractivity contribution is 9.11. The van der Waals surface area contributed by atoms with Gasteiger partial charge in [0.05, 0.1) is 19.9 Å². The van der Waals surface area contributed by atoms with Crippen LogP contribution in [0.15, 0.2) is 27.7 Å². The molecule has 0 spiro atoms. The van der Waals surface area contributed by atoms with Crippen LogP contribution in [-0.4, -0.2) is 34.9 Å². The molecule has 1 heterocycles. The molecule has 0 aliphatic carbocycles. The highest BCUT2D eigenvalue weighted by Gasteiger charge is 2.12. The number of methoxy groups -OCH3 is 2. The number of anilines is 1. The maximum Gasteiger partial charge on any atom is 0.246 e. The summed E-state index contributed by atoms with van der Waals surface area (Å²) in [4.78, 5) is 16.1. The van der Waals surface area contributed by atoms with E-state index in [4.69, 9.17) is 9.47 Å². The number of aromatic nitrogens is 3. The van der Waals surface area contributed by atoms with E-state index in [9.17, 15) is 4.79 Å². The van der Waals surface area contributed by atoms with Crippen LogP contribution in [0.2, 0.25) is 0 Å². The Morgan fingerprint density at radius 1 is 1.33 bits per heavy atom. The van der Waals surface area contributed by atoms with Crippen molar-refractivity contribution in [1.82, 2.24) is 14.8 Å². The molecular formula is C12H12Br2N4O3. The molecule has 0 bridgehead atoms. The molecule has 1 aromatic heterocycles. The van der Waals surface area contributed by atoms with E-state index >= 15 is 0 Å². The van der Waals surface area contributed by atoms with Crippen molar-refractivity contribution in [2.45, 2.75) is 6.54 Å². The number of nitrogens with zero attached hydrogens (tertiary/aromatic N) is 3. The summed E-state index contributed by atoms with van der Waals surface area (Å²) in [5.41, 5.74) is 0.525. The summed E-state index contributed by atoms with van der Waals surface area (Å²) in [6, 6.07) is 5.15. The molecule has 0 aliphatic rings. The van der Waals surface area contributed by atoms with E-state index in [0.717, 1.165) is 0 Å². The van der Waals surface area contributed by atoms with E-state index in [-0.39, 0.29) is 12.5 Å². The number of ether oxygens (including phenoxy) is 2. The van der Waals surface area contributed by atoms with Crippen LogP contribution in [0, 0.1) is 0 Å². The fraction of sp³-hybridized carbons (Fsp3) is 0.250. The second-order valence-corrected chi connectivity index (χ2v) is 5.34. The predicted octanol–water partition coefficient (Wildman–Crippen LogP) is 2.46. The summed E-state index contributed by atoms with van der Waals surface area (Å²) in [6.45, 7) is 0.0134. The number of carbonyl (C=O) groups is 1. The molecule has 0 fully saturated rings. The highest BCUT2D eigenvalue weighted by atomic mass is 79.9. The standard InChI is InChI=1S/C12H12Br2N4O3/c1-20-7-3-4-9(21-2)8(5-7)15-10(19)6-18-12(14)16-11(13)17-18/h3-5H,6H2,1-2H3,(H,15,19). The third-order valence-corrected chi connectivity index (χ3v) is 3.50. The quantitative estimate of drug-likeness (QED) is 0.805. The summed E-state index contributed by atoms with van der Waals surface area (Å²) >= 11 is 6.36. The second kappa shape index (κ2) is 6.90. The minimum Gasteiger partial charge on any atom is -0.497 e. The van der Waals surface area contributed by atoms with Gasteiger partial charge in [0.2, 0.25) is 10.6 Å². The molecule has 0 saturated heterocycles. The molecule has 21 heavy (non-hydrogen) atoms. The lowest BCUT2D eigenvalue weighted by molar-refractivity contribution is -0.117. The summed E-state index contributed by atoms with van der Waals surface area (Å²) in [5.74, 6) is 0.901. The topological polar surface area (TPSA) is 78.3 Å². The van der Waals surface area contributed by atoms with Gasteiger partial charge in [-0.1, -0.05) is 0 Å². The molecule has 0 unspecified atom stereocenters. The van der Waals surface area contributed by atoms with Crippen LogP contribution < -0.4 is 14.8 Å². The largest absolute Gasteiger partial charge is 0.497 e. The van der Waals surface area contributed by atoms with Crippen molar-refractivity contribution in [2.75, 3.05) is 19.5 Å². The summed E-state index contributed by atoms with van der Waals surface area (Å²) in [7, 11) is 3.08. The van der Waals surface area contributed by atoms with Gasteiger partial charge in [-0.25, -0.2) is 4.68 Å². The van der Waals surface area contributed by atoms with Crippen LogP contribution >= 0.6 is 31.9 Å². The number of benzene rings is 1. The maximum absolute atomic E-state index is 12.1. The molecule has 2 aromatic rings. The Labute approximate surface area is 137 Å². The lowest BCUT2D eigenvalue weighted by Crippen LogP contribution is -2.20. The van der Waals surface area contributed by atoms with Gasteiger partial charge in [0, 0.05) is 6.07 Å². The van der Waals surface area contributed by atoms with E-state index in [1.54, 1.807) is 25.3 Å². The molecule has 1 aromatic carbocycles. The Morgan fingerprint density at radius 3 is 2.67 bits per heavy atom. The van der Waals surface area contributed by atoms with E-state index in [0.29, 0.717) is 26.7 Å². The van der Waals surface area contributed by atoms with Crippen LogP contribution in [0.4, 0.5) is 5.69 Å². The zero-order chi connectivity index (χ0) is 15.4. The normalized spacial score (nSPS) is 10.3. The molecule has 0 aliphatic heterocycles. The van der Waals surface area contributed by atoms with Crippen molar-refractivity contribution in [2.24, 2.45) is 0 Å². The first-order chi connectivity index (χ1) is 10.0. The molecule has 0 radical (unpaired) electrons. The van der Waals surface area contributed by atoms with Crippen molar-refractivity contribution in [1.29, 1.82) is 0 Å². The molecule has 112 valence electrons. The van der Waals surface area contributed by atoms with Crippen LogP contribution in [0.1, 0.15) is 0 Å². The van der Waals surface area contributed by atoms with Crippen LogP contribution in [0.3, 0.4) is 0 Å². The zero-order valence-electron chi connectivity index (χ0n) is 11.3. The van der Waals surface area contributed by atoms with Gasteiger partial charge in [-0.15, -0.1) is 5.10 Å². The molecule has 0 atom stereocenters. The molecule has 7 nitrogen and oxygen atoms in total. The van der Waals surface area contributed by atoms with E-state index < -0.39 is 0 Å². The number of nitrogens with one attached hydrogen (secondary N) is 1. The summed E-state index contributed by atoms with van der Waals surface area (Å²) < 4.78 is 12.6. The first-order valence-corrected chi connectivity index (χ1v) is 7.40. The van der Waals surface area contributed by atoms with Crippen molar-refractivity contribution in [3.63, 3.8) is 0 Å². The van der Waals surface area contributed by atoms with E-state index in [2.05, 4.69) is 47.3 Å². The van der Waals surface area contributed by atoms with Gasteiger partial charge < -0.3 is 14.8 Å². The van der Waals surface area contributed by atoms with Crippen LogP contribution in [0.5, 0.6) is 11.5 Å². The van der Waals surface area contributed by atoms with Gasteiger partial charge >= 0.3 is 0 Å². The minimum absolute atomic E-state index is 0.0134. The average Bonchev–Trinajstić information content (AvgIpc) is 2.76. The van der Waals surface area contributed by atoms with Gasteiger partial charge in [0.1, 0.15) is 18.0 Å². The Bertz CT molecular complexity index is 660. The van der Waals surface area contributed by atoms with E-state index in [1.807, 2.05) is 0 Å². The fourth-order valence-corrected chi connectivity index (χ4v) is 2.61. The number of hydrogen-bond donors (Lipinski definition) is 1. The summed E-state index contributed by atoms with van der Waals surface area (Å²) in [6.07, 6.45) is 0. The van der Waals surface area contributed by atoms with Gasteiger partial charge in [-0.05, 0) is 44.0 Å². The molecule has 2 rings (SSSR count). The third-order valence-electron chi connectivity index (χ3n) is 2.57. The fourth-order valence-electron chi connectivity index (χ4n) is 1.64. The molecule has 1 N–H and O–H groups in total. The zero-order valence-corrected chi connectivity index (χ0v) is 14.4. The summed E-state index contributed by atoms with van der Waals surface area (Å²) in [5, 5.41) is 6.78. The van der Waals surface area contributed by atoms with Gasteiger partial charge in [-0.2, -0.15) is 4.98 Å². The van der Waals surface area contributed by atoms with Crippen molar-refractivity contribution in [3.8, 4) is 11.5 Å². The SMILES string of the molecule is COc1ccc(OC)c(NC(=O)Cn2nc(Br)nc2Br)c1. The van der Waals surface area contributed by atoms with Gasteiger partial charge in [0.15, 0.2) is 4.73 Å². The van der Waals surface area contributed by atoms with Gasteiger partial charge in [0.25, 0.3) is 0 Å². The maximum atomic E-state index is 12.1. The Kier molecular flexibility index (Phi) is 5.18. The second-order valence-electron chi connectivity index (χ2n) is 3.92. The van der Waals surface area contributed by atoms with Crippen molar-refractivity contribution < 1.29 is 14.3 Å². The highest BCUT2D eigenvalue weighted by Crippen LogP contribution is 2.28. The lowest BCUT2D eigenvalue weighted by atomic mass is 10.2. The number of carbonyl (C=O) groups excluding carboxylic acids is 1. The monoisotopic (exact) mass is 418 g/mol. The van der Waals surface area contributed by atoms with Crippen molar-refractivity contribution in [3.05, 3.63) is 27.7 Å². The van der Waals surface area contributed by atoms with Crippen LogP contribution in [0.25, 0.3) is 0 Å². The Balaban J connectivity index is 2.13. The molecule has 1 amide bonds. The number of rotatable bonds is 5. The van der Waals surface area contributed by atoms with Crippen LogP contribution in [-0.2, 0) is 11.3 Å². The number of amides is 1. The minimum atomic E-state index is -0.264. The van der Waals surface area contributed by atoms with E-state index in [1.165, 1.54) is 11.8 Å². The first-order valence-electron chi connectivity index (χ1n) is 5.81. The van der Waals surface area contributed by atoms with Crippen molar-refractivity contribution >= 4 is 43.5 Å². The first kappa shape index (κ1) is 15.8. The number of hydrogen-bond acceptors (Lipinski definition) is 5. The smallest absolute Gasteiger partial charge is 0.246 e. The molecule has 0 saturated carbocycles. The molecule has 9 heteroatoms. The predicted molar refractivity (Wildman–Crippen MR) is 83.6 cm³/mol. The third kappa shape index (κ3) is 3.94. The molecular weight excluding hydrogens is 408 g/mol. The lowest BCUT2D eigenvalue weighted by Gasteiger charge is -2.11. The van der Waals surface area contributed by atoms with Gasteiger partial charge in [-0.3, -0.25) is 4.79 Å².